The highest BCUT2D eigenvalue weighted by Crippen LogP contribution is 2.06. The second-order valence-electron chi connectivity index (χ2n) is 3.10. The zero-order valence-corrected chi connectivity index (χ0v) is 8.20. The molecule has 0 aliphatic heterocycles. The Balaban J connectivity index is 2.31. The quantitative estimate of drug-likeness (QED) is 0.560. The molecule has 0 radical (unpaired) electrons. The average molecular weight is 189 g/mol. The van der Waals surface area contributed by atoms with E-state index < -0.39 is 0 Å². The molecule has 14 heavy (non-hydrogen) atoms. The van der Waals surface area contributed by atoms with Crippen molar-refractivity contribution in [2.45, 2.75) is 19.3 Å². The van der Waals surface area contributed by atoms with Crippen LogP contribution in [0.25, 0.3) is 0 Å². The van der Waals surface area contributed by atoms with Crippen molar-refractivity contribution < 1.29 is 4.79 Å². The molecule has 2 nitrogen and oxygen atoms in total. The van der Waals surface area contributed by atoms with E-state index in [1.54, 1.807) is 0 Å². The van der Waals surface area contributed by atoms with Gasteiger partial charge in [-0.05, 0) is 25.0 Å². The summed E-state index contributed by atoms with van der Waals surface area (Å²) in [6, 6.07) is 9.49. The van der Waals surface area contributed by atoms with Gasteiger partial charge in [0.2, 0.25) is 5.91 Å². The van der Waals surface area contributed by atoms with Crippen LogP contribution in [-0.4, -0.2) is 5.91 Å². The van der Waals surface area contributed by atoms with Crippen LogP contribution < -0.4 is 5.32 Å². The summed E-state index contributed by atoms with van der Waals surface area (Å²) >= 11 is 0. The van der Waals surface area contributed by atoms with E-state index in [9.17, 15) is 4.79 Å². The molecule has 1 aromatic rings. The van der Waals surface area contributed by atoms with Crippen LogP contribution in [0, 0.1) is 0 Å². The van der Waals surface area contributed by atoms with Gasteiger partial charge in [-0.2, -0.15) is 0 Å². The smallest absolute Gasteiger partial charge is 0.224 e. The monoisotopic (exact) mass is 189 g/mol. The van der Waals surface area contributed by atoms with Crippen LogP contribution in [0.1, 0.15) is 19.3 Å². The molecule has 0 bridgehead atoms. The largest absolute Gasteiger partial charge is 0.326 e. The van der Waals surface area contributed by atoms with Crippen molar-refractivity contribution in [2.75, 3.05) is 5.32 Å². The third-order valence-corrected chi connectivity index (χ3v) is 1.87. The van der Waals surface area contributed by atoms with Crippen molar-refractivity contribution in [3.63, 3.8) is 0 Å². The Bertz CT molecular complexity index is 292. The molecule has 0 fully saturated rings. The fourth-order valence-electron chi connectivity index (χ4n) is 1.15. The minimum Gasteiger partial charge on any atom is -0.326 e. The van der Waals surface area contributed by atoms with Gasteiger partial charge < -0.3 is 5.32 Å². The predicted molar refractivity (Wildman–Crippen MR) is 59.1 cm³/mol. The lowest BCUT2D eigenvalue weighted by Crippen LogP contribution is -2.10. The summed E-state index contributed by atoms with van der Waals surface area (Å²) in [5.74, 6) is 0.0676. The SMILES string of the molecule is C=CCCCC(=O)Nc1ccccc1. The molecule has 0 aromatic heterocycles. The summed E-state index contributed by atoms with van der Waals surface area (Å²) in [4.78, 5) is 11.3. The van der Waals surface area contributed by atoms with Gasteiger partial charge in [0, 0.05) is 12.1 Å². The fraction of sp³-hybridized carbons (Fsp3) is 0.250. The average Bonchev–Trinajstić information content (AvgIpc) is 2.20. The lowest BCUT2D eigenvalue weighted by atomic mass is 10.2. The number of carbonyl (C=O) groups is 1. The highest BCUT2D eigenvalue weighted by atomic mass is 16.1. The van der Waals surface area contributed by atoms with E-state index in [0.717, 1.165) is 18.5 Å². The molecule has 2 heteroatoms. The normalized spacial score (nSPS) is 9.43. The van der Waals surface area contributed by atoms with Crippen molar-refractivity contribution >= 4 is 11.6 Å². The van der Waals surface area contributed by atoms with Crippen LogP contribution in [0.5, 0.6) is 0 Å². The lowest BCUT2D eigenvalue weighted by molar-refractivity contribution is -0.116. The molecular weight excluding hydrogens is 174 g/mol. The maximum absolute atomic E-state index is 11.3. The van der Waals surface area contributed by atoms with Crippen molar-refractivity contribution in [2.24, 2.45) is 0 Å². The number of rotatable bonds is 5. The Morgan fingerprint density at radius 1 is 1.36 bits per heavy atom. The molecule has 1 aromatic carbocycles. The topological polar surface area (TPSA) is 29.1 Å². The zero-order valence-electron chi connectivity index (χ0n) is 8.20. The van der Waals surface area contributed by atoms with E-state index in [1.807, 2.05) is 36.4 Å². The minimum atomic E-state index is 0.0676. The number of anilines is 1. The van der Waals surface area contributed by atoms with Crippen LogP contribution in [-0.2, 0) is 4.79 Å². The Labute approximate surface area is 84.6 Å². The first-order valence-corrected chi connectivity index (χ1v) is 4.78. The summed E-state index contributed by atoms with van der Waals surface area (Å²) in [5, 5.41) is 2.83. The predicted octanol–water partition coefficient (Wildman–Crippen LogP) is 2.98. The summed E-state index contributed by atoms with van der Waals surface area (Å²) < 4.78 is 0. The number of unbranched alkanes of at least 4 members (excludes halogenated alkanes) is 1. The van der Waals surface area contributed by atoms with E-state index in [2.05, 4.69) is 11.9 Å². The van der Waals surface area contributed by atoms with Gasteiger partial charge in [0.15, 0.2) is 0 Å². The molecule has 1 N–H and O–H groups in total. The number of hydrogen-bond donors (Lipinski definition) is 1. The molecule has 0 heterocycles. The molecule has 0 atom stereocenters. The molecule has 0 spiro atoms. The van der Waals surface area contributed by atoms with Gasteiger partial charge in [-0.3, -0.25) is 4.79 Å². The molecule has 0 aliphatic rings. The van der Waals surface area contributed by atoms with Crippen LogP contribution in [0.3, 0.4) is 0 Å². The first kappa shape index (κ1) is 10.5. The van der Waals surface area contributed by atoms with Crippen LogP contribution in [0.2, 0.25) is 0 Å². The third-order valence-electron chi connectivity index (χ3n) is 1.87. The fourth-order valence-corrected chi connectivity index (χ4v) is 1.15. The van der Waals surface area contributed by atoms with Gasteiger partial charge in [-0.1, -0.05) is 24.3 Å². The standard InChI is InChI=1S/C12H15NO/c1-2-3-5-10-12(14)13-11-8-6-4-7-9-11/h2,4,6-9H,1,3,5,10H2,(H,13,14). The number of amides is 1. The van der Waals surface area contributed by atoms with Crippen LogP contribution in [0.15, 0.2) is 43.0 Å². The molecule has 0 saturated heterocycles. The Morgan fingerprint density at radius 2 is 2.07 bits per heavy atom. The van der Waals surface area contributed by atoms with Gasteiger partial charge in [0.1, 0.15) is 0 Å². The summed E-state index contributed by atoms with van der Waals surface area (Å²) in [5.41, 5.74) is 0.858. The van der Waals surface area contributed by atoms with Crippen LogP contribution in [0.4, 0.5) is 5.69 Å². The maximum atomic E-state index is 11.3. The number of carbonyl (C=O) groups excluding carboxylic acids is 1. The highest BCUT2D eigenvalue weighted by molar-refractivity contribution is 5.90. The molecule has 0 aliphatic carbocycles. The van der Waals surface area contributed by atoms with Crippen LogP contribution >= 0.6 is 0 Å². The van der Waals surface area contributed by atoms with Crippen molar-refractivity contribution in [1.29, 1.82) is 0 Å². The van der Waals surface area contributed by atoms with Gasteiger partial charge in [-0.15, -0.1) is 6.58 Å². The molecule has 1 amide bonds. The Morgan fingerprint density at radius 3 is 2.71 bits per heavy atom. The first-order valence-electron chi connectivity index (χ1n) is 4.78. The second-order valence-corrected chi connectivity index (χ2v) is 3.10. The summed E-state index contributed by atoms with van der Waals surface area (Å²) in [7, 11) is 0. The van der Waals surface area contributed by atoms with E-state index in [0.29, 0.717) is 6.42 Å². The lowest BCUT2D eigenvalue weighted by Gasteiger charge is -2.03. The molecule has 0 unspecified atom stereocenters. The van der Waals surface area contributed by atoms with E-state index in [1.165, 1.54) is 0 Å². The van der Waals surface area contributed by atoms with E-state index in [-0.39, 0.29) is 5.91 Å². The number of nitrogens with one attached hydrogen (secondary N) is 1. The summed E-state index contributed by atoms with van der Waals surface area (Å²) in [6.07, 6.45) is 4.14. The Hall–Kier alpha value is -1.57. The van der Waals surface area contributed by atoms with Crippen molar-refractivity contribution in [1.82, 2.24) is 0 Å². The van der Waals surface area contributed by atoms with E-state index in [4.69, 9.17) is 0 Å². The number of para-hydroxylation sites is 1. The van der Waals surface area contributed by atoms with Gasteiger partial charge in [0.05, 0.1) is 0 Å². The molecular formula is C12H15NO. The zero-order chi connectivity index (χ0) is 10.2. The third kappa shape index (κ3) is 3.90. The minimum absolute atomic E-state index is 0.0676. The van der Waals surface area contributed by atoms with Gasteiger partial charge in [0.25, 0.3) is 0 Å². The molecule has 74 valence electrons. The highest BCUT2D eigenvalue weighted by Gasteiger charge is 1.99. The molecule has 1 rings (SSSR count). The first-order chi connectivity index (χ1) is 6.83. The summed E-state index contributed by atoms with van der Waals surface area (Å²) in [6.45, 7) is 3.61. The second kappa shape index (κ2) is 5.97. The van der Waals surface area contributed by atoms with Gasteiger partial charge in [-0.25, -0.2) is 0 Å². The van der Waals surface area contributed by atoms with E-state index >= 15 is 0 Å². The Kier molecular flexibility index (Phi) is 4.48. The number of allylic oxidation sites excluding steroid dienone is 1. The number of benzene rings is 1. The number of hydrogen-bond acceptors (Lipinski definition) is 1. The van der Waals surface area contributed by atoms with Crippen molar-refractivity contribution in [3.05, 3.63) is 43.0 Å². The maximum Gasteiger partial charge on any atom is 0.224 e. The molecule has 0 saturated carbocycles. The van der Waals surface area contributed by atoms with Crippen molar-refractivity contribution in [3.8, 4) is 0 Å². The van der Waals surface area contributed by atoms with Gasteiger partial charge >= 0.3 is 0 Å².